The van der Waals surface area contributed by atoms with Crippen LogP contribution in [0.2, 0.25) is 0 Å². The van der Waals surface area contributed by atoms with Crippen molar-refractivity contribution < 1.29 is 14.6 Å². The number of aromatic hydroxyl groups is 1. The van der Waals surface area contributed by atoms with Crippen LogP contribution in [0, 0.1) is 0 Å². The van der Waals surface area contributed by atoms with Crippen LogP contribution in [0.1, 0.15) is 44.1 Å². The number of phenolic OH excluding ortho intramolecular Hbond substituents is 1. The molecule has 1 saturated heterocycles. The number of methoxy groups -OCH3 is 1. The van der Waals surface area contributed by atoms with Crippen LogP contribution in [0.4, 0.5) is 0 Å². The first-order chi connectivity index (χ1) is 11.3. The van der Waals surface area contributed by atoms with Crippen LogP contribution in [0.25, 0.3) is 0 Å². The molecule has 0 unspecified atom stereocenters. The van der Waals surface area contributed by atoms with Gasteiger partial charge in [0.1, 0.15) is 0 Å². The molecule has 0 aromatic heterocycles. The molecule has 0 bridgehead atoms. The third-order valence-corrected chi connectivity index (χ3v) is 5.24. The van der Waals surface area contributed by atoms with Gasteiger partial charge in [0, 0.05) is 6.04 Å². The van der Waals surface area contributed by atoms with Crippen molar-refractivity contribution >= 4 is 0 Å². The highest BCUT2D eigenvalue weighted by Crippen LogP contribution is 2.29. The van der Waals surface area contributed by atoms with E-state index in [9.17, 15) is 5.11 Å². The molecule has 1 heterocycles. The SMILES string of the molecule is COc1ccc(CCO[C@@H]2CCCC[C@H]2N2CCCC2)cc1O. The normalized spacial score (nSPS) is 25.6. The summed E-state index contributed by atoms with van der Waals surface area (Å²) in [6.07, 6.45) is 9.01. The van der Waals surface area contributed by atoms with Gasteiger partial charge in [-0.05, 0) is 62.9 Å². The van der Waals surface area contributed by atoms with E-state index < -0.39 is 0 Å². The Morgan fingerprint density at radius 1 is 1.13 bits per heavy atom. The Hall–Kier alpha value is -1.26. The quantitative estimate of drug-likeness (QED) is 0.873. The van der Waals surface area contributed by atoms with E-state index in [1.54, 1.807) is 13.2 Å². The highest BCUT2D eigenvalue weighted by molar-refractivity contribution is 5.41. The van der Waals surface area contributed by atoms with Crippen molar-refractivity contribution in [2.45, 2.75) is 57.1 Å². The zero-order chi connectivity index (χ0) is 16.1. The van der Waals surface area contributed by atoms with Crippen LogP contribution in [-0.2, 0) is 11.2 Å². The van der Waals surface area contributed by atoms with E-state index in [-0.39, 0.29) is 5.75 Å². The van der Waals surface area contributed by atoms with Gasteiger partial charge in [-0.3, -0.25) is 4.90 Å². The molecule has 23 heavy (non-hydrogen) atoms. The number of likely N-dealkylation sites (tertiary alicyclic amines) is 1. The lowest BCUT2D eigenvalue weighted by atomic mass is 9.91. The highest BCUT2D eigenvalue weighted by Gasteiger charge is 2.31. The molecule has 4 nitrogen and oxygen atoms in total. The predicted octanol–water partition coefficient (Wildman–Crippen LogP) is 3.37. The first kappa shape index (κ1) is 16.6. The number of ether oxygens (including phenoxy) is 2. The van der Waals surface area contributed by atoms with Crippen molar-refractivity contribution in [3.8, 4) is 11.5 Å². The fraction of sp³-hybridized carbons (Fsp3) is 0.684. The van der Waals surface area contributed by atoms with Gasteiger partial charge in [-0.15, -0.1) is 0 Å². The third-order valence-electron chi connectivity index (χ3n) is 5.24. The Bertz CT molecular complexity index is 499. The highest BCUT2D eigenvalue weighted by atomic mass is 16.5. The summed E-state index contributed by atoms with van der Waals surface area (Å²) in [6.45, 7) is 3.22. The molecule has 0 spiro atoms. The van der Waals surface area contributed by atoms with Crippen LogP contribution in [0.15, 0.2) is 18.2 Å². The van der Waals surface area contributed by atoms with Crippen LogP contribution in [0.5, 0.6) is 11.5 Å². The van der Waals surface area contributed by atoms with Gasteiger partial charge in [-0.2, -0.15) is 0 Å². The molecule has 2 aliphatic rings. The molecule has 3 rings (SSSR count). The summed E-state index contributed by atoms with van der Waals surface area (Å²) in [5.74, 6) is 0.730. The second-order valence-corrected chi connectivity index (χ2v) is 6.76. The van der Waals surface area contributed by atoms with Crippen molar-refractivity contribution in [1.82, 2.24) is 4.90 Å². The van der Waals surface area contributed by atoms with E-state index in [1.165, 1.54) is 51.6 Å². The molecule has 1 aromatic carbocycles. The molecule has 1 aliphatic carbocycles. The Morgan fingerprint density at radius 3 is 2.65 bits per heavy atom. The van der Waals surface area contributed by atoms with Gasteiger partial charge < -0.3 is 14.6 Å². The summed E-state index contributed by atoms with van der Waals surface area (Å²) in [5.41, 5.74) is 1.09. The van der Waals surface area contributed by atoms with Crippen molar-refractivity contribution in [2.75, 3.05) is 26.8 Å². The van der Waals surface area contributed by atoms with E-state index >= 15 is 0 Å². The second kappa shape index (κ2) is 8.02. The molecule has 0 amide bonds. The fourth-order valence-corrected chi connectivity index (χ4v) is 3.98. The van der Waals surface area contributed by atoms with E-state index in [0.29, 0.717) is 17.9 Å². The van der Waals surface area contributed by atoms with Crippen LogP contribution >= 0.6 is 0 Å². The molecule has 2 atom stereocenters. The standard InChI is InChI=1S/C19H29NO3/c1-22-19-9-8-15(14-17(19)21)10-13-23-18-7-3-2-6-16(18)20-11-4-5-12-20/h8-9,14,16,18,21H,2-7,10-13H2,1H3/t16-,18-/m1/s1. The van der Waals surface area contributed by atoms with E-state index in [2.05, 4.69) is 4.90 Å². The van der Waals surface area contributed by atoms with Crippen molar-refractivity contribution in [2.24, 2.45) is 0 Å². The summed E-state index contributed by atoms with van der Waals surface area (Å²) in [4.78, 5) is 2.64. The number of benzene rings is 1. The summed E-state index contributed by atoms with van der Waals surface area (Å²) in [5, 5.41) is 9.85. The Morgan fingerprint density at radius 2 is 1.91 bits per heavy atom. The molecule has 4 heteroatoms. The van der Waals surface area contributed by atoms with Crippen molar-refractivity contribution in [3.05, 3.63) is 23.8 Å². The minimum atomic E-state index is 0.206. The van der Waals surface area contributed by atoms with E-state index in [1.807, 2.05) is 12.1 Å². The van der Waals surface area contributed by atoms with Crippen LogP contribution in [0.3, 0.4) is 0 Å². The lowest BCUT2D eigenvalue weighted by Crippen LogP contribution is -2.45. The summed E-state index contributed by atoms with van der Waals surface area (Å²) in [7, 11) is 1.57. The predicted molar refractivity (Wildman–Crippen MR) is 91.2 cm³/mol. The second-order valence-electron chi connectivity index (χ2n) is 6.76. The average Bonchev–Trinajstić information content (AvgIpc) is 3.10. The molecule has 0 radical (unpaired) electrons. The van der Waals surface area contributed by atoms with Gasteiger partial charge in [0.05, 0.1) is 19.8 Å². The van der Waals surface area contributed by atoms with E-state index in [4.69, 9.17) is 9.47 Å². The fourth-order valence-electron chi connectivity index (χ4n) is 3.98. The first-order valence-electron chi connectivity index (χ1n) is 8.99. The third kappa shape index (κ3) is 4.18. The molecule has 2 fully saturated rings. The molecule has 1 N–H and O–H groups in total. The van der Waals surface area contributed by atoms with Gasteiger partial charge >= 0.3 is 0 Å². The van der Waals surface area contributed by atoms with Gasteiger partial charge in [-0.25, -0.2) is 0 Å². The zero-order valence-corrected chi connectivity index (χ0v) is 14.2. The lowest BCUT2D eigenvalue weighted by Gasteiger charge is -2.37. The topological polar surface area (TPSA) is 41.9 Å². The molecular formula is C19H29NO3. The number of phenols is 1. The lowest BCUT2D eigenvalue weighted by molar-refractivity contribution is -0.0290. The summed E-state index contributed by atoms with van der Waals surface area (Å²) >= 11 is 0. The maximum Gasteiger partial charge on any atom is 0.160 e. The minimum Gasteiger partial charge on any atom is -0.504 e. The molecular weight excluding hydrogens is 290 g/mol. The largest absolute Gasteiger partial charge is 0.504 e. The number of hydrogen-bond donors (Lipinski definition) is 1. The maximum absolute atomic E-state index is 9.85. The first-order valence-corrected chi connectivity index (χ1v) is 8.99. The minimum absolute atomic E-state index is 0.206. The maximum atomic E-state index is 9.85. The Balaban J connectivity index is 1.51. The van der Waals surface area contributed by atoms with Gasteiger partial charge in [0.2, 0.25) is 0 Å². The Labute approximate surface area is 139 Å². The van der Waals surface area contributed by atoms with Crippen LogP contribution in [-0.4, -0.2) is 49.0 Å². The van der Waals surface area contributed by atoms with Crippen LogP contribution < -0.4 is 4.74 Å². The molecule has 1 aromatic rings. The number of hydrogen-bond acceptors (Lipinski definition) is 4. The molecule has 1 aliphatic heterocycles. The summed E-state index contributed by atoms with van der Waals surface area (Å²) in [6, 6.07) is 6.22. The zero-order valence-electron chi connectivity index (χ0n) is 14.2. The van der Waals surface area contributed by atoms with Crippen molar-refractivity contribution in [1.29, 1.82) is 0 Å². The summed E-state index contributed by atoms with van der Waals surface area (Å²) < 4.78 is 11.3. The van der Waals surface area contributed by atoms with E-state index in [0.717, 1.165) is 18.6 Å². The Kier molecular flexibility index (Phi) is 5.79. The van der Waals surface area contributed by atoms with Gasteiger partial charge in [0.15, 0.2) is 11.5 Å². The van der Waals surface area contributed by atoms with Gasteiger partial charge in [-0.1, -0.05) is 18.9 Å². The van der Waals surface area contributed by atoms with Crippen molar-refractivity contribution in [3.63, 3.8) is 0 Å². The number of rotatable bonds is 6. The smallest absolute Gasteiger partial charge is 0.160 e. The monoisotopic (exact) mass is 319 g/mol. The molecule has 128 valence electrons. The number of nitrogens with zero attached hydrogens (tertiary/aromatic N) is 1. The van der Waals surface area contributed by atoms with Gasteiger partial charge in [0.25, 0.3) is 0 Å². The average molecular weight is 319 g/mol. The molecule has 1 saturated carbocycles.